The molecule has 3 heteroatoms. The Hall–Kier alpha value is -0.100. The number of hydrogen-bond donors (Lipinski definition) is 0. The van der Waals surface area contributed by atoms with Crippen LogP contribution in [0.25, 0.3) is 0 Å². The first-order valence-corrected chi connectivity index (χ1v) is 11.3. The zero-order valence-corrected chi connectivity index (χ0v) is 18.3. The second-order valence-electron chi connectivity index (χ2n) is 6.66. The number of hydrogen-bond acceptors (Lipinski definition) is 2. The quantitative estimate of drug-likeness (QED) is 0.390. The minimum atomic E-state index is -0.299. The maximum absolute atomic E-state index is 12.5. The first-order chi connectivity index (χ1) is 10.9. The molecule has 0 aromatic carbocycles. The van der Waals surface area contributed by atoms with E-state index in [0.29, 0.717) is 14.5 Å². The molecule has 1 fully saturated rings. The molecule has 0 bridgehead atoms. The van der Waals surface area contributed by atoms with Crippen LogP contribution in [0.15, 0.2) is 0 Å². The van der Waals surface area contributed by atoms with Gasteiger partial charge in [-0.05, 0) is 52.6 Å². The maximum Gasteiger partial charge on any atom is 0.316 e. The van der Waals surface area contributed by atoms with Crippen LogP contribution in [0.5, 0.6) is 0 Å². The normalized spacial score (nSPS) is 18.3. The second-order valence-corrected chi connectivity index (χ2v) is 8.26. The summed E-state index contributed by atoms with van der Waals surface area (Å²) >= 11 is 0. The third-order valence-electron chi connectivity index (χ3n) is 4.70. The van der Waals surface area contributed by atoms with Gasteiger partial charge >= 0.3 is 5.97 Å². The summed E-state index contributed by atoms with van der Waals surface area (Å²) in [6, 6.07) is 0. The van der Waals surface area contributed by atoms with E-state index >= 15 is 0 Å². The highest BCUT2D eigenvalue weighted by molar-refractivity contribution is 7.40. The number of carbonyl (C=O) groups is 1. The van der Waals surface area contributed by atoms with Crippen LogP contribution in [0.3, 0.4) is 0 Å². The Morgan fingerprint density at radius 3 is 1.91 bits per heavy atom. The van der Waals surface area contributed by atoms with E-state index in [0.717, 1.165) is 12.8 Å². The molecule has 1 rings (SSSR count). The molecular formula is C20H43O2P. The van der Waals surface area contributed by atoms with Crippen molar-refractivity contribution in [3.05, 3.63) is 0 Å². The van der Waals surface area contributed by atoms with Crippen molar-refractivity contribution in [1.29, 1.82) is 0 Å². The van der Waals surface area contributed by atoms with Gasteiger partial charge in [0.15, 0.2) is 0 Å². The van der Waals surface area contributed by atoms with Gasteiger partial charge in [-0.3, -0.25) is 4.79 Å². The van der Waals surface area contributed by atoms with Crippen LogP contribution in [0.4, 0.5) is 0 Å². The Balaban J connectivity index is 0. The standard InChI is InChI=1S/C16H31O2P.2C2H6/c1-6-12-16(4,19-5)14(17)18-15(2,3)13-10-8-7-9-11-13;2*1-2/h13,19H,6-12H2,1-5H3;2*1-2H3. The minimum absolute atomic E-state index is 0.0192. The van der Waals surface area contributed by atoms with Gasteiger partial charge in [-0.15, -0.1) is 8.58 Å². The Morgan fingerprint density at radius 1 is 1.04 bits per heavy atom. The summed E-state index contributed by atoms with van der Waals surface area (Å²) < 4.78 is 5.95. The smallest absolute Gasteiger partial charge is 0.316 e. The molecule has 0 amide bonds. The van der Waals surface area contributed by atoms with E-state index in [4.69, 9.17) is 4.74 Å². The molecule has 0 aromatic rings. The zero-order valence-electron chi connectivity index (χ0n) is 17.3. The molecule has 0 aliphatic heterocycles. The first-order valence-electron chi connectivity index (χ1n) is 9.78. The van der Waals surface area contributed by atoms with Gasteiger partial charge in [-0.2, -0.15) is 0 Å². The van der Waals surface area contributed by atoms with E-state index in [2.05, 4.69) is 34.4 Å². The van der Waals surface area contributed by atoms with E-state index in [1.54, 1.807) is 0 Å². The SMILES string of the molecule is CC.CC.CCCC(C)(PC)C(=O)OC(C)(C)C1CCCCC1. The topological polar surface area (TPSA) is 26.3 Å². The summed E-state index contributed by atoms with van der Waals surface area (Å²) in [7, 11) is 0.609. The maximum atomic E-state index is 12.5. The summed E-state index contributed by atoms with van der Waals surface area (Å²) in [5.74, 6) is 0.557. The van der Waals surface area contributed by atoms with Crippen LogP contribution in [0.2, 0.25) is 0 Å². The number of carbonyl (C=O) groups excluding carboxylic acids is 1. The molecule has 2 atom stereocenters. The molecule has 23 heavy (non-hydrogen) atoms. The molecule has 1 saturated carbocycles. The van der Waals surface area contributed by atoms with Crippen molar-refractivity contribution in [2.75, 3.05) is 6.66 Å². The Kier molecular flexibility index (Phi) is 14.5. The van der Waals surface area contributed by atoms with Crippen LogP contribution in [-0.2, 0) is 9.53 Å². The lowest BCUT2D eigenvalue weighted by atomic mass is 9.78. The van der Waals surface area contributed by atoms with Crippen LogP contribution < -0.4 is 0 Å². The van der Waals surface area contributed by atoms with Crippen molar-refractivity contribution in [1.82, 2.24) is 0 Å². The number of ether oxygens (including phenoxy) is 1. The highest BCUT2D eigenvalue weighted by Crippen LogP contribution is 2.39. The second kappa shape index (κ2) is 13.2. The Bertz CT molecular complexity index is 296. The summed E-state index contributed by atoms with van der Waals surface area (Å²) in [5, 5.41) is -0.277. The van der Waals surface area contributed by atoms with E-state index in [1.165, 1.54) is 32.1 Å². The molecular weight excluding hydrogens is 303 g/mol. The zero-order chi connectivity index (χ0) is 18.5. The predicted octanol–water partition coefficient (Wildman–Crippen LogP) is 6.81. The van der Waals surface area contributed by atoms with Crippen molar-refractivity contribution in [3.63, 3.8) is 0 Å². The number of rotatable bonds is 6. The molecule has 2 nitrogen and oxygen atoms in total. The Labute approximate surface area is 148 Å². The van der Waals surface area contributed by atoms with Crippen LogP contribution >= 0.6 is 8.58 Å². The van der Waals surface area contributed by atoms with Gasteiger partial charge in [-0.25, -0.2) is 0 Å². The predicted molar refractivity (Wildman–Crippen MR) is 107 cm³/mol. The summed E-state index contributed by atoms with van der Waals surface area (Å²) in [6.45, 7) is 18.5. The first kappa shape index (κ1) is 25.1. The Morgan fingerprint density at radius 2 is 1.52 bits per heavy atom. The molecule has 1 aliphatic carbocycles. The lowest BCUT2D eigenvalue weighted by molar-refractivity contribution is -0.166. The fourth-order valence-corrected chi connectivity index (χ4v) is 3.82. The molecule has 1 aliphatic rings. The molecule has 0 heterocycles. The summed E-state index contributed by atoms with van der Waals surface area (Å²) in [6.07, 6.45) is 8.29. The molecule has 2 unspecified atom stereocenters. The minimum Gasteiger partial charge on any atom is -0.459 e. The van der Waals surface area contributed by atoms with Gasteiger partial charge in [0, 0.05) is 0 Å². The van der Waals surface area contributed by atoms with Gasteiger partial charge in [-0.1, -0.05) is 60.3 Å². The number of esters is 1. The lowest BCUT2D eigenvalue weighted by Gasteiger charge is -2.39. The van der Waals surface area contributed by atoms with E-state index in [-0.39, 0.29) is 16.7 Å². The van der Waals surface area contributed by atoms with Crippen molar-refractivity contribution < 1.29 is 9.53 Å². The van der Waals surface area contributed by atoms with Crippen molar-refractivity contribution in [2.45, 2.75) is 111 Å². The van der Waals surface area contributed by atoms with Gasteiger partial charge in [0.25, 0.3) is 0 Å². The fraction of sp³-hybridized carbons (Fsp3) is 0.950. The summed E-state index contributed by atoms with van der Waals surface area (Å²) in [4.78, 5) is 12.5. The molecule has 0 radical (unpaired) electrons. The lowest BCUT2D eigenvalue weighted by Crippen LogP contribution is -2.43. The van der Waals surface area contributed by atoms with Gasteiger partial charge in [0.1, 0.15) is 5.60 Å². The average molecular weight is 347 g/mol. The highest BCUT2D eigenvalue weighted by atomic mass is 31.1. The molecule has 0 saturated heterocycles. The monoisotopic (exact) mass is 346 g/mol. The molecule has 0 aromatic heterocycles. The van der Waals surface area contributed by atoms with E-state index in [1.807, 2.05) is 27.7 Å². The average Bonchev–Trinajstić information content (AvgIpc) is 2.59. The largest absolute Gasteiger partial charge is 0.459 e. The molecule has 140 valence electrons. The highest BCUT2D eigenvalue weighted by Gasteiger charge is 2.39. The third-order valence-corrected chi connectivity index (χ3v) is 6.25. The van der Waals surface area contributed by atoms with Crippen molar-refractivity contribution in [3.8, 4) is 0 Å². The van der Waals surface area contributed by atoms with Crippen LogP contribution in [-0.4, -0.2) is 23.4 Å². The van der Waals surface area contributed by atoms with Crippen LogP contribution in [0.1, 0.15) is 100 Å². The van der Waals surface area contributed by atoms with Gasteiger partial charge in [0.2, 0.25) is 0 Å². The van der Waals surface area contributed by atoms with Crippen molar-refractivity contribution in [2.24, 2.45) is 5.92 Å². The third kappa shape index (κ3) is 8.52. The van der Waals surface area contributed by atoms with Crippen LogP contribution in [0, 0.1) is 5.92 Å². The molecule has 0 N–H and O–H groups in total. The van der Waals surface area contributed by atoms with Gasteiger partial charge in [0.05, 0.1) is 5.16 Å². The van der Waals surface area contributed by atoms with E-state index in [9.17, 15) is 4.79 Å². The fourth-order valence-electron chi connectivity index (χ4n) is 3.06. The molecule has 0 spiro atoms. The van der Waals surface area contributed by atoms with E-state index < -0.39 is 0 Å². The summed E-state index contributed by atoms with van der Waals surface area (Å²) in [5.41, 5.74) is -0.299. The van der Waals surface area contributed by atoms with Crippen molar-refractivity contribution >= 4 is 14.6 Å². The van der Waals surface area contributed by atoms with Gasteiger partial charge < -0.3 is 4.74 Å².